The minimum atomic E-state index is -0.868. The lowest BCUT2D eigenvalue weighted by Gasteiger charge is -1.96. The third-order valence-electron chi connectivity index (χ3n) is 3.07. The fourth-order valence-electron chi connectivity index (χ4n) is 1.74. The molecule has 0 saturated carbocycles. The standard InChI is InChI=1S/C9H10O2.C8H18.C2H6/c1-2-7-3-5-8(6-4-7)9(10)11;1-3-5-7-8-6-4-2;1-2/h3-6H,2H2,1H3,(H,10,11);3-8H2,1-2H3;1-2H3. The summed E-state index contributed by atoms with van der Waals surface area (Å²) in [5.41, 5.74) is 1.51. The zero-order valence-electron chi connectivity index (χ0n) is 14.6. The highest BCUT2D eigenvalue weighted by molar-refractivity contribution is 5.87. The van der Waals surface area contributed by atoms with Crippen molar-refractivity contribution in [3.05, 3.63) is 35.4 Å². The molecule has 0 aliphatic heterocycles. The summed E-state index contributed by atoms with van der Waals surface area (Å²) in [6, 6.07) is 6.93. The highest BCUT2D eigenvalue weighted by Gasteiger charge is 1.99. The first-order valence-corrected chi connectivity index (χ1v) is 8.47. The van der Waals surface area contributed by atoms with Crippen molar-refractivity contribution in [1.82, 2.24) is 0 Å². The fraction of sp³-hybridized carbons (Fsp3) is 0.632. The molecule has 0 bridgehead atoms. The molecule has 2 heteroatoms. The van der Waals surface area contributed by atoms with Crippen LogP contribution in [0.1, 0.15) is 89.1 Å². The van der Waals surface area contributed by atoms with E-state index in [1.165, 1.54) is 38.5 Å². The Kier molecular flexibility index (Phi) is 17.5. The summed E-state index contributed by atoms with van der Waals surface area (Å²) in [6.07, 6.45) is 9.43. The Morgan fingerprint density at radius 1 is 0.857 bits per heavy atom. The quantitative estimate of drug-likeness (QED) is 0.596. The summed E-state index contributed by atoms with van der Waals surface area (Å²) in [5, 5.41) is 8.55. The zero-order chi connectivity index (χ0) is 16.5. The van der Waals surface area contributed by atoms with Crippen LogP contribution in [0.4, 0.5) is 0 Å². The monoisotopic (exact) mass is 294 g/mol. The summed E-state index contributed by atoms with van der Waals surface area (Å²) >= 11 is 0. The summed E-state index contributed by atoms with van der Waals surface area (Å²) in [6.45, 7) is 10.5. The van der Waals surface area contributed by atoms with Crippen LogP contribution >= 0.6 is 0 Å². The maximum atomic E-state index is 10.4. The van der Waals surface area contributed by atoms with Gasteiger partial charge in [-0.1, -0.05) is 85.3 Å². The lowest BCUT2D eigenvalue weighted by molar-refractivity contribution is 0.0697. The van der Waals surface area contributed by atoms with E-state index in [9.17, 15) is 4.79 Å². The van der Waals surface area contributed by atoms with Crippen LogP contribution in [0.25, 0.3) is 0 Å². The topological polar surface area (TPSA) is 37.3 Å². The molecule has 21 heavy (non-hydrogen) atoms. The van der Waals surface area contributed by atoms with E-state index >= 15 is 0 Å². The van der Waals surface area contributed by atoms with Crippen molar-refractivity contribution >= 4 is 5.97 Å². The first-order valence-electron chi connectivity index (χ1n) is 8.47. The van der Waals surface area contributed by atoms with E-state index in [1.54, 1.807) is 12.1 Å². The molecule has 122 valence electrons. The van der Waals surface area contributed by atoms with Crippen molar-refractivity contribution in [2.45, 2.75) is 79.6 Å². The van der Waals surface area contributed by atoms with E-state index in [0.717, 1.165) is 12.0 Å². The molecule has 0 amide bonds. The molecule has 2 nitrogen and oxygen atoms in total. The molecular weight excluding hydrogens is 260 g/mol. The van der Waals surface area contributed by atoms with E-state index in [1.807, 2.05) is 32.9 Å². The number of unbranched alkanes of at least 4 members (excludes halogenated alkanes) is 5. The van der Waals surface area contributed by atoms with Crippen LogP contribution in [-0.4, -0.2) is 11.1 Å². The van der Waals surface area contributed by atoms with Crippen LogP contribution in [0.15, 0.2) is 24.3 Å². The average molecular weight is 294 g/mol. The third kappa shape index (κ3) is 13.4. The lowest BCUT2D eigenvalue weighted by Crippen LogP contribution is -1.95. The fourth-order valence-corrected chi connectivity index (χ4v) is 1.74. The van der Waals surface area contributed by atoms with Crippen LogP contribution in [0.5, 0.6) is 0 Å². The van der Waals surface area contributed by atoms with Crippen LogP contribution < -0.4 is 0 Å². The van der Waals surface area contributed by atoms with Crippen LogP contribution in [-0.2, 0) is 6.42 Å². The number of rotatable bonds is 7. The molecule has 0 spiro atoms. The molecule has 1 aromatic rings. The number of hydrogen-bond donors (Lipinski definition) is 1. The normalized spacial score (nSPS) is 9.00. The molecule has 0 atom stereocenters. The van der Waals surface area contributed by atoms with Gasteiger partial charge in [0.25, 0.3) is 0 Å². The molecule has 1 rings (SSSR count). The highest BCUT2D eigenvalue weighted by Crippen LogP contribution is 2.04. The molecule has 1 aromatic carbocycles. The van der Waals surface area contributed by atoms with E-state index in [2.05, 4.69) is 13.8 Å². The Morgan fingerprint density at radius 2 is 1.29 bits per heavy atom. The molecule has 0 aliphatic carbocycles. The van der Waals surface area contributed by atoms with Crippen molar-refractivity contribution in [2.75, 3.05) is 0 Å². The number of aromatic carboxylic acids is 1. The smallest absolute Gasteiger partial charge is 0.335 e. The van der Waals surface area contributed by atoms with E-state index in [4.69, 9.17) is 5.11 Å². The van der Waals surface area contributed by atoms with Crippen molar-refractivity contribution in [2.24, 2.45) is 0 Å². The van der Waals surface area contributed by atoms with Crippen LogP contribution in [0.2, 0.25) is 0 Å². The Hall–Kier alpha value is -1.31. The van der Waals surface area contributed by atoms with Crippen LogP contribution in [0, 0.1) is 0 Å². The second-order valence-corrected chi connectivity index (χ2v) is 4.77. The second kappa shape index (κ2) is 16.7. The number of carboxylic acids is 1. The predicted molar refractivity (Wildman–Crippen MR) is 93.2 cm³/mol. The molecule has 1 N–H and O–H groups in total. The molecule has 0 fully saturated rings. The molecule has 0 saturated heterocycles. The first-order chi connectivity index (χ1) is 10.2. The maximum absolute atomic E-state index is 10.4. The van der Waals surface area contributed by atoms with Gasteiger partial charge in [0.15, 0.2) is 0 Å². The number of aryl methyl sites for hydroxylation is 1. The largest absolute Gasteiger partial charge is 0.478 e. The predicted octanol–water partition coefficient (Wildman–Crippen LogP) is 6.34. The summed E-state index contributed by atoms with van der Waals surface area (Å²) in [4.78, 5) is 10.4. The first kappa shape index (κ1) is 22.0. The van der Waals surface area contributed by atoms with Gasteiger partial charge in [-0.25, -0.2) is 4.79 Å². The number of carbonyl (C=O) groups is 1. The van der Waals surface area contributed by atoms with Gasteiger partial charge >= 0.3 is 5.97 Å². The Morgan fingerprint density at radius 3 is 1.57 bits per heavy atom. The number of hydrogen-bond acceptors (Lipinski definition) is 1. The number of benzene rings is 1. The summed E-state index contributed by atoms with van der Waals surface area (Å²) in [5.74, 6) is -0.868. The number of carboxylic acid groups (broad SMARTS) is 1. The van der Waals surface area contributed by atoms with Crippen molar-refractivity contribution in [3.8, 4) is 0 Å². The zero-order valence-corrected chi connectivity index (χ0v) is 14.6. The van der Waals surface area contributed by atoms with Crippen molar-refractivity contribution in [1.29, 1.82) is 0 Å². The van der Waals surface area contributed by atoms with Crippen molar-refractivity contribution in [3.63, 3.8) is 0 Å². The molecular formula is C19H34O2. The second-order valence-electron chi connectivity index (χ2n) is 4.77. The van der Waals surface area contributed by atoms with Crippen molar-refractivity contribution < 1.29 is 9.90 Å². The Labute approximate surface area is 131 Å². The third-order valence-corrected chi connectivity index (χ3v) is 3.07. The van der Waals surface area contributed by atoms with Gasteiger partial charge in [-0.3, -0.25) is 0 Å². The lowest BCUT2D eigenvalue weighted by atomic mass is 10.1. The SMILES string of the molecule is CC.CCCCCCCC.CCc1ccc(C(=O)O)cc1. The maximum Gasteiger partial charge on any atom is 0.335 e. The highest BCUT2D eigenvalue weighted by atomic mass is 16.4. The van der Waals surface area contributed by atoms with Gasteiger partial charge in [0.1, 0.15) is 0 Å². The van der Waals surface area contributed by atoms with Crippen LogP contribution in [0.3, 0.4) is 0 Å². The van der Waals surface area contributed by atoms with Gasteiger partial charge in [-0.15, -0.1) is 0 Å². The van der Waals surface area contributed by atoms with Gasteiger partial charge < -0.3 is 5.11 Å². The Balaban J connectivity index is 0. The van der Waals surface area contributed by atoms with E-state index < -0.39 is 5.97 Å². The Bertz CT molecular complexity index is 322. The van der Waals surface area contributed by atoms with Gasteiger partial charge in [0.2, 0.25) is 0 Å². The molecule has 0 radical (unpaired) electrons. The van der Waals surface area contributed by atoms with Gasteiger partial charge in [-0.2, -0.15) is 0 Å². The van der Waals surface area contributed by atoms with E-state index in [-0.39, 0.29) is 0 Å². The molecule has 0 unspecified atom stereocenters. The average Bonchev–Trinajstić information content (AvgIpc) is 2.54. The summed E-state index contributed by atoms with van der Waals surface area (Å²) < 4.78 is 0. The summed E-state index contributed by atoms with van der Waals surface area (Å²) in [7, 11) is 0. The molecule has 0 heterocycles. The minimum absolute atomic E-state index is 0.349. The minimum Gasteiger partial charge on any atom is -0.478 e. The van der Waals surface area contributed by atoms with Gasteiger partial charge in [-0.05, 0) is 24.1 Å². The molecule has 0 aromatic heterocycles. The van der Waals surface area contributed by atoms with E-state index in [0.29, 0.717) is 5.56 Å². The molecule has 0 aliphatic rings. The van der Waals surface area contributed by atoms with Gasteiger partial charge in [0, 0.05) is 0 Å². The van der Waals surface area contributed by atoms with Gasteiger partial charge in [0.05, 0.1) is 5.56 Å².